The molecule has 1 fully saturated rings. The zero-order valence-corrected chi connectivity index (χ0v) is 11.5. The number of anilines is 1. The van der Waals surface area contributed by atoms with Gasteiger partial charge in [-0.25, -0.2) is 4.98 Å². The molecule has 0 aromatic carbocycles. The average Bonchev–Trinajstić information content (AvgIpc) is 2.78. The molecule has 1 aliphatic rings. The number of aryl methyl sites for hydroxylation is 1. The highest BCUT2D eigenvalue weighted by Crippen LogP contribution is 2.22. The normalized spacial score (nSPS) is 22.1. The number of nitrogen functional groups attached to an aromatic ring is 1. The van der Waals surface area contributed by atoms with Gasteiger partial charge in [0.15, 0.2) is 10.9 Å². The number of rotatable bonds is 3. The van der Waals surface area contributed by atoms with Crippen LogP contribution in [0.3, 0.4) is 0 Å². The smallest absolute Gasteiger partial charge is 0.263 e. The van der Waals surface area contributed by atoms with Crippen LogP contribution in [0.2, 0.25) is 0 Å². The van der Waals surface area contributed by atoms with Crippen molar-refractivity contribution in [2.45, 2.75) is 32.7 Å². The Morgan fingerprint density at radius 3 is 2.89 bits per heavy atom. The Morgan fingerprint density at radius 2 is 2.39 bits per heavy atom. The lowest BCUT2D eigenvalue weighted by Gasteiger charge is -2.17. The molecule has 2 heterocycles. The van der Waals surface area contributed by atoms with E-state index in [2.05, 4.69) is 10.3 Å². The molecule has 3 N–H and O–H groups in total. The van der Waals surface area contributed by atoms with Crippen LogP contribution in [-0.4, -0.2) is 35.9 Å². The first-order chi connectivity index (χ1) is 8.37. The van der Waals surface area contributed by atoms with Crippen molar-refractivity contribution >= 4 is 22.4 Å². The van der Waals surface area contributed by atoms with Crippen LogP contribution in [0.1, 0.15) is 29.2 Å². The van der Waals surface area contributed by atoms with Crippen molar-refractivity contribution in [3.05, 3.63) is 10.6 Å². The lowest BCUT2D eigenvalue weighted by atomic mass is 10.3. The SMILES string of the molecule is Cc1nc(N)sc1C(=O)NCC1COC(C)(C)O1. The standard InChI is InChI=1S/C11H17N3O3S/c1-6-8(18-10(12)14-6)9(15)13-4-7-5-16-11(2,3)17-7/h7H,4-5H2,1-3H3,(H2,12,14)(H,13,15). The van der Waals surface area contributed by atoms with Crippen molar-refractivity contribution in [2.24, 2.45) is 0 Å². The van der Waals surface area contributed by atoms with Gasteiger partial charge in [-0.05, 0) is 20.8 Å². The van der Waals surface area contributed by atoms with E-state index >= 15 is 0 Å². The number of hydrogen-bond donors (Lipinski definition) is 2. The van der Waals surface area contributed by atoms with E-state index in [9.17, 15) is 4.79 Å². The molecule has 6 nitrogen and oxygen atoms in total. The molecular weight excluding hydrogens is 254 g/mol. The summed E-state index contributed by atoms with van der Waals surface area (Å²) in [6.45, 7) is 6.36. The molecular formula is C11H17N3O3S. The number of nitrogens with one attached hydrogen (secondary N) is 1. The molecule has 1 saturated heterocycles. The number of carbonyl (C=O) groups is 1. The lowest BCUT2D eigenvalue weighted by Crippen LogP contribution is -2.34. The molecule has 1 atom stereocenters. The minimum atomic E-state index is -0.569. The first-order valence-corrected chi connectivity index (χ1v) is 6.52. The molecule has 1 aromatic heterocycles. The van der Waals surface area contributed by atoms with Crippen molar-refractivity contribution in [1.29, 1.82) is 0 Å². The molecule has 1 aliphatic heterocycles. The Hall–Kier alpha value is -1.18. The van der Waals surface area contributed by atoms with E-state index in [0.29, 0.717) is 28.9 Å². The molecule has 0 aliphatic carbocycles. The summed E-state index contributed by atoms with van der Waals surface area (Å²) >= 11 is 1.19. The molecule has 1 amide bonds. The van der Waals surface area contributed by atoms with Gasteiger partial charge in [-0.1, -0.05) is 11.3 Å². The van der Waals surface area contributed by atoms with Crippen molar-refractivity contribution < 1.29 is 14.3 Å². The molecule has 18 heavy (non-hydrogen) atoms. The maximum atomic E-state index is 11.9. The van der Waals surface area contributed by atoms with Crippen LogP contribution in [0, 0.1) is 6.92 Å². The summed E-state index contributed by atoms with van der Waals surface area (Å²) in [6, 6.07) is 0. The monoisotopic (exact) mass is 271 g/mol. The third kappa shape index (κ3) is 2.98. The highest BCUT2D eigenvalue weighted by Gasteiger charge is 2.32. The second-order valence-electron chi connectivity index (χ2n) is 4.63. The summed E-state index contributed by atoms with van der Waals surface area (Å²) < 4.78 is 11.0. The Balaban J connectivity index is 1.88. The zero-order valence-electron chi connectivity index (χ0n) is 10.6. The van der Waals surface area contributed by atoms with Gasteiger partial charge in [0, 0.05) is 6.54 Å². The predicted octanol–water partition coefficient (Wildman–Crippen LogP) is 0.915. The number of amides is 1. The van der Waals surface area contributed by atoms with Crippen LogP contribution >= 0.6 is 11.3 Å². The van der Waals surface area contributed by atoms with Gasteiger partial charge in [-0.3, -0.25) is 4.79 Å². The predicted molar refractivity (Wildman–Crippen MR) is 68.5 cm³/mol. The molecule has 0 radical (unpaired) electrons. The maximum absolute atomic E-state index is 11.9. The van der Waals surface area contributed by atoms with Crippen LogP contribution in [0.4, 0.5) is 5.13 Å². The molecule has 7 heteroatoms. The van der Waals surface area contributed by atoms with Crippen LogP contribution in [-0.2, 0) is 9.47 Å². The lowest BCUT2D eigenvalue weighted by molar-refractivity contribution is -0.137. The summed E-state index contributed by atoms with van der Waals surface area (Å²) in [7, 11) is 0. The molecule has 2 rings (SSSR count). The Bertz CT molecular complexity index is 458. The van der Waals surface area contributed by atoms with Crippen molar-refractivity contribution in [1.82, 2.24) is 10.3 Å². The van der Waals surface area contributed by atoms with Crippen LogP contribution in [0.5, 0.6) is 0 Å². The summed E-state index contributed by atoms with van der Waals surface area (Å²) in [6.07, 6.45) is -0.116. The molecule has 100 valence electrons. The van der Waals surface area contributed by atoms with Gasteiger partial charge in [0.1, 0.15) is 11.0 Å². The third-order valence-electron chi connectivity index (χ3n) is 2.58. The van der Waals surface area contributed by atoms with E-state index in [1.807, 2.05) is 13.8 Å². The number of aromatic nitrogens is 1. The molecule has 1 unspecified atom stereocenters. The van der Waals surface area contributed by atoms with E-state index in [4.69, 9.17) is 15.2 Å². The Labute approximate surface area is 109 Å². The fourth-order valence-corrected chi connectivity index (χ4v) is 2.53. The van der Waals surface area contributed by atoms with E-state index in [1.54, 1.807) is 6.92 Å². The van der Waals surface area contributed by atoms with E-state index in [1.165, 1.54) is 11.3 Å². The van der Waals surface area contributed by atoms with E-state index in [-0.39, 0.29) is 12.0 Å². The second kappa shape index (κ2) is 4.83. The van der Waals surface area contributed by atoms with Gasteiger partial charge in [-0.15, -0.1) is 0 Å². The number of carbonyl (C=O) groups excluding carboxylic acids is 1. The highest BCUT2D eigenvalue weighted by atomic mass is 32.1. The number of nitrogens with two attached hydrogens (primary N) is 1. The van der Waals surface area contributed by atoms with Crippen molar-refractivity contribution in [2.75, 3.05) is 18.9 Å². The average molecular weight is 271 g/mol. The largest absolute Gasteiger partial charge is 0.375 e. The minimum Gasteiger partial charge on any atom is -0.375 e. The summed E-state index contributed by atoms with van der Waals surface area (Å²) in [5.41, 5.74) is 6.21. The van der Waals surface area contributed by atoms with Gasteiger partial charge >= 0.3 is 0 Å². The topological polar surface area (TPSA) is 86.5 Å². The van der Waals surface area contributed by atoms with Gasteiger partial charge in [0.25, 0.3) is 5.91 Å². The molecule has 0 saturated carbocycles. The minimum absolute atomic E-state index is 0.116. The molecule has 0 bridgehead atoms. The first kappa shape index (κ1) is 13.3. The number of hydrogen-bond acceptors (Lipinski definition) is 6. The number of nitrogens with zero attached hydrogens (tertiary/aromatic N) is 1. The number of thiazole rings is 1. The van der Waals surface area contributed by atoms with Crippen molar-refractivity contribution in [3.8, 4) is 0 Å². The van der Waals surface area contributed by atoms with Gasteiger partial charge in [0.05, 0.1) is 12.3 Å². The third-order valence-corrected chi connectivity index (χ3v) is 3.56. The van der Waals surface area contributed by atoms with E-state index in [0.717, 1.165) is 0 Å². The van der Waals surface area contributed by atoms with E-state index < -0.39 is 5.79 Å². The quantitative estimate of drug-likeness (QED) is 0.853. The summed E-state index contributed by atoms with van der Waals surface area (Å²) in [5.74, 6) is -0.741. The second-order valence-corrected chi connectivity index (χ2v) is 5.66. The van der Waals surface area contributed by atoms with Crippen molar-refractivity contribution in [3.63, 3.8) is 0 Å². The van der Waals surface area contributed by atoms with Gasteiger partial charge < -0.3 is 20.5 Å². The maximum Gasteiger partial charge on any atom is 0.263 e. The Morgan fingerprint density at radius 1 is 1.67 bits per heavy atom. The van der Waals surface area contributed by atoms with Crippen LogP contribution in [0.25, 0.3) is 0 Å². The van der Waals surface area contributed by atoms with Gasteiger partial charge in [-0.2, -0.15) is 0 Å². The van der Waals surface area contributed by atoms with Gasteiger partial charge in [0.2, 0.25) is 0 Å². The molecule has 1 aromatic rings. The fourth-order valence-electron chi connectivity index (χ4n) is 1.78. The fraction of sp³-hybridized carbons (Fsp3) is 0.636. The van der Waals surface area contributed by atoms with Crippen LogP contribution < -0.4 is 11.1 Å². The zero-order chi connectivity index (χ0) is 13.3. The highest BCUT2D eigenvalue weighted by molar-refractivity contribution is 7.17. The summed E-state index contributed by atoms with van der Waals surface area (Å²) in [4.78, 5) is 16.5. The summed E-state index contributed by atoms with van der Waals surface area (Å²) in [5, 5.41) is 3.21. The van der Waals surface area contributed by atoms with Crippen LogP contribution in [0.15, 0.2) is 0 Å². The molecule has 0 spiro atoms. The number of ether oxygens (including phenoxy) is 2. The Kier molecular flexibility index (Phi) is 3.56. The first-order valence-electron chi connectivity index (χ1n) is 5.70.